The SMILES string of the molecule is N#CC1CC=C2CC1Oc1ccc3cccc(c3c1)N1CCC(NCCc3cncn3C2)C1=O. The number of nitriles is 1. The zero-order valence-electron chi connectivity index (χ0n) is 19.0. The van der Waals surface area contributed by atoms with E-state index in [0.29, 0.717) is 19.4 Å². The molecule has 34 heavy (non-hydrogen) atoms. The Hall–Kier alpha value is -3.63. The van der Waals surface area contributed by atoms with Crippen molar-refractivity contribution in [3.05, 3.63) is 66.3 Å². The summed E-state index contributed by atoms with van der Waals surface area (Å²) in [5.41, 5.74) is 3.31. The van der Waals surface area contributed by atoms with Crippen molar-refractivity contribution in [1.29, 1.82) is 5.26 Å². The number of carbonyl (C=O) groups excluding carboxylic acids is 1. The van der Waals surface area contributed by atoms with Gasteiger partial charge < -0.3 is 19.5 Å². The number of hydrogen-bond donors (Lipinski definition) is 1. The number of ether oxygens (including phenoxy) is 1. The van der Waals surface area contributed by atoms with Crippen LogP contribution in [0.15, 0.2) is 60.6 Å². The normalized spacial score (nSPS) is 24.8. The van der Waals surface area contributed by atoms with Gasteiger partial charge in [-0.25, -0.2) is 4.98 Å². The van der Waals surface area contributed by atoms with Crippen LogP contribution in [0.2, 0.25) is 0 Å². The van der Waals surface area contributed by atoms with E-state index in [0.717, 1.165) is 53.8 Å². The summed E-state index contributed by atoms with van der Waals surface area (Å²) in [5.74, 6) is 0.659. The van der Waals surface area contributed by atoms with Gasteiger partial charge in [0.05, 0.1) is 30.0 Å². The molecule has 3 unspecified atom stereocenters. The van der Waals surface area contributed by atoms with Gasteiger partial charge in [0.15, 0.2) is 0 Å². The molecule has 2 aliphatic heterocycles. The minimum absolute atomic E-state index is 0.113. The Morgan fingerprint density at radius 2 is 2.18 bits per heavy atom. The van der Waals surface area contributed by atoms with Gasteiger partial charge in [0, 0.05) is 49.8 Å². The molecule has 1 amide bonds. The molecule has 7 heteroatoms. The highest BCUT2D eigenvalue weighted by Gasteiger charge is 2.33. The average Bonchev–Trinajstić information content (AvgIpc) is 3.44. The summed E-state index contributed by atoms with van der Waals surface area (Å²) >= 11 is 0. The predicted molar refractivity (Wildman–Crippen MR) is 129 cm³/mol. The van der Waals surface area contributed by atoms with Crippen LogP contribution >= 0.6 is 0 Å². The first-order chi connectivity index (χ1) is 16.7. The molecule has 2 aromatic carbocycles. The lowest BCUT2D eigenvalue weighted by molar-refractivity contribution is -0.118. The van der Waals surface area contributed by atoms with E-state index in [4.69, 9.17) is 4.74 Å². The highest BCUT2D eigenvalue weighted by molar-refractivity contribution is 6.07. The van der Waals surface area contributed by atoms with Gasteiger partial charge in [-0.05, 0) is 36.4 Å². The number of carbonyl (C=O) groups is 1. The van der Waals surface area contributed by atoms with Crippen molar-refractivity contribution in [3.8, 4) is 11.8 Å². The molecular weight excluding hydrogens is 426 g/mol. The first-order valence-electron chi connectivity index (χ1n) is 12.0. The molecule has 0 saturated carbocycles. The van der Waals surface area contributed by atoms with Crippen LogP contribution in [0.1, 0.15) is 25.0 Å². The maximum absolute atomic E-state index is 13.3. The van der Waals surface area contributed by atoms with E-state index >= 15 is 0 Å². The summed E-state index contributed by atoms with van der Waals surface area (Å²) in [4.78, 5) is 19.5. The van der Waals surface area contributed by atoms with Crippen LogP contribution in [0.3, 0.4) is 0 Å². The monoisotopic (exact) mass is 453 g/mol. The number of rotatable bonds is 0. The van der Waals surface area contributed by atoms with Crippen LogP contribution in [0.25, 0.3) is 10.8 Å². The van der Waals surface area contributed by atoms with Crippen LogP contribution in [0.4, 0.5) is 5.69 Å². The fraction of sp³-hybridized carbons (Fsp3) is 0.370. The lowest BCUT2D eigenvalue weighted by atomic mass is 9.87. The molecule has 3 aliphatic rings. The van der Waals surface area contributed by atoms with Crippen LogP contribution in [0, 0.1) is 17.2 Å². The molecule has 1 aliphatic carbocycles. The van der Waals surface area contributed by atoms with E-state index in [1.807, 2.05) is 47.8 Å². The van der Waals surface area contributed by atoms with Gasteiger partial charge in [-0.3, -0.25) is 4.79 Å². The van der Waals surface area contributed by atoms with Crippen molar-refractivity contribution in [3.63, 3.8) is 0 Å². The minimum atomic E-state index is -0.211. The third-order valence-corrected chi connectivity index (χ3v) is 7.30. The Bertz CT molecular complexity index is 1320. The molecule has 1 saturated heterocycles. The van der Waals surface area contributed by atoms with E-state index in [-0.39, 0.29) is 24.0 Å². The molecule has 0 radical (unpaired) electrons. The first kappa shape index (κ1) is 20.9. The molecule has 3 aromatic rings. The lowest BCUT2D eigenvalue weighted by Crippen LogP contribution is -2.39. The van der Waals surface area contributed by atoms with Gasteiger partial charge >= 0.3 is 0 Å². The fourth-order valence-corrected chi connectivity index (χ4v) is 5.44. The maximum Gasteiger partial charge on any atom is 0.244 e. The van der Waals surface area contributed by atoms with E-state index < -0.39 is 0 Å². The Kier molecular flexibility index (Phi) is 5.31. The number of amides is 1. The average molecular weight is 454 g/mol. The van der Waals surface area contributed by atoms with Crippen molar-refractivity contribution in [2.75, 3.05) is 18.0 Å². The van der Waals surface area contributed by atoms with Crippen molar-refractivity contribution in [1.82, 2.24) is 14.9 Å². The van der Waals surface area contributed by atoms with Gasteiger partial charge in [-0.1, -0.05) is 29.8 Å². The third-order valence-electron chi connectivity index (χ3n) is 7.30. The van der Waals surface area contributed by atoms with Crippen LogP contribution < -0.4 is 15.0 Å². The topological polar surface area (TPSA) is 83.2 Å². The smallest absolute Gasteiger partial charge is 0.244 e. The quantitative estimate of drug-likeness (QED) is 0.526. The largest absolute Gasteiger partial charge is 0.489 e. The van der Waals surface area contributed by atoms with Gasteiger partial charge in [0.25, 0.3) is 0 Å². The van der Waals surface area contributed by atoms with Crippen LogP contribution in [-0.2, 0) is 17.8 Å². The minimum Gasteiger partial charge on any atom is -0.489 e. The summed E-state index contributed by atoms with van der Waals surface area (Å²) in [6.07, 6.45) is 8.72. The highest BCUT2D eigenvalue weighted by atomic mass is 16.5. The summed E-state index contributed by atoms with van der Waals surface area (Å²) in [6, 6.07) is 14.4. The Labute approximate surface area is 198 Å². The van der Waals surface area contributed by atoms with E-state index in [2.05, 4.69) is 33.1 Å². The van der Waals surface area contributed by atoms with Gasteiger partial charge in [-0.2, -0.15) is 5.26 Å². The van der Waals surface area contributed by atoms with Gasteiger partial charge in [-0.15, -0.1) is 0 Å². The van der Waals surface area contributed by atoms with Gasteiger partial charge in [0.1, 0.15) is 11.9 Å². The third kappa shape index (κ3) is 3.74. The number of allylic oxidation sites excluding steroid dienone is 1. The summed E-state index contributed by atoms with van der Waals surface area (Å²) in [6.45, 7) is 2.15. The number of imidazole rings is 1. The highest BCUT2D eigenvalue weighted by Crippen LogP contribution is 2.35. The Morgan fingerprint density at radius 1 is 1.24 bits per heavy atom. The summed E-state index contributed by atoms with van der Waals surface area (Å²) in [7, 11) is 0. The predicted octanol–water partition coefficient (Wildman–Crippen LogP) is 3.59. The van der Waals surface area contributed by atoms with E-state index in [1.54, 1.807) is 0 Å². The fourth-order valence-electron chi connectivity index (χ4n) is 5.44. The molecule has 1 N–H and O–H groups in total. The Morgan fingerprint density at radius 3 is 3.09 bits per heavy atom. The molecule has 6 rings (SSSR count). The second-order valence-corrected chi connectivity index (χ2v) is 9.40. The number of benzene rings is 2. The second kappa shape index (κ2) is 8.62. The second-order valence-electron chi connectivity index (χ2n) is 9.40. The summed E-state index contributed by atoms with van der Waals surface area (Å²) in [5, 5.41) is 15.3. The number of anilines is 1. The molecule has 1 aromatic heterocycles. The molecular formula is C27H27N5O2. The number of fused-ring (bicyclic) bond motifs is 7. The van der Waals surface area contributed by atoms with Crippen molar-refractivity contribution in [2.24, 2.45) is 5.92 Å². The number of nitrogens with zero attached hydrogens (tertiary/aromatic N) is 4. The van der Waals surface area contributed by atoms with Crippen LogP contribution in [0.5, 0.6) is 5.75 Å². The molecule has 3 heterocycles. The Balaban J connectivity index is 1.41. The molecule has 0 spiro atoms. The standard InChI is InChI=1S/C27H27N5O2/c28-14-20-5-4-18-12-26(20)34-22-7-6-19-2-1-3-25(23(19)13-22)32-11-9-24(27(32)33)30-10-8-21-15-29-17-31(21)16-18/h1-4,6-7,13,15,17,20,24,26,30H,5,8-12,16H2. The number of nitrogens with one attached hydrogen (secondary N) is 1. The molecule has 1 fully saturated rings. The van der Waals surface area contributed by atoms with Crippen LogP contribution in [-0.4, -0.2) is 40.7 Å². The van der Waals surface area contributed by atoms with E-state index in [9.17, 15) is 10.1 Å². The maximum atomic E-state index is 13.3. The van der Waals surface area contributed by atoms with Crippen molar-refractivity contribution >= 4 is 22.4 Å². The molecule has 3 atom stereocenters. The molecule has 6 bridgehead atoms. The zero-order valence-corrected chi connectivity index (χ0v) is 19.0. The van der Waals surface area contributed by atoms with E-state index in [1.165, 1.54) is 5.57 Å². The molecule has 7 nitrogen and oxygen atoms in total. The summed E-state index contributed by atoms with van der Waals surface area (Å²) < 4.78 is 8.61. The van der Waals surface area contributed by atoms with Crippen molar-refractivity contribution < 1.29 is 9.53 Å². The number of hydrogen-bond acceptors (Lipinski definition) is 5. The lowest BCUT2D eigenvalue weighted by Gasteiger charge is -2.28. The van der Waals surface area contributed by atoms with Crippen molar-refractivity contribution in [2.45, 2.75) is 44.4 Å². The molecule has 172 valence electrons. The zero-order chi connectivity index (χ0) is 23.1. The first-order valence-corrected chi connectivity index (χ1v) is 12.0. The van der Waals surface area contributed by atoms with Gasteiger partial charge in [0.2, 0.25) is 5.91 Å². The number of aromatic nitrogens is 2.